The lowest BCUT2D eigenvalue weighted by Crippen LogP contribution is -2.35. The first-order valence-corrected chi connectivity index (χ1v) is 6.47. The Labute approximate surface area is 114 Å². The zero-order valence-electron chi connectivity index (χ0n) is 11.9. The van der Waals surface area contributed by atoms with Crippen molar-refractivity contribution in [1.29, 1.82) is 0 Å². The zero-order chi connectivity index (χ0) is 14.4. The van der Waals surface area contributed by atoms with Gasteiger partial charge in [0, 0.05) is 6.54 Å². The van der Waals surface area contributed by atoms with E-state index in [1.54, 1.807) is 6.92 Å². The van der Waals surface area contributed by atoms with E-state index in [-0.39, 0.29) is 18.3 Å². The second kappa shape index (κ2) is 6.92. The number of esters is 1. The Morgan fingerprint density at radius 3 is 2.53 bits per heavy atom. The molecule has 0 aliphatic rings. The van der Waals surface area contributed by atoms with Crippen molar-refractivity contribution >= 4 is 11.9 Å². The van der Waals surface area contributed by atoms with Crippen LogP contribution in [0.15, 0.2) is 18.2 Å². The highest BCUT2D eigenvalue weighted by Gasteiger charge is 2.17. The summed E-state index contributed by atoms with van der Waals surface area (Å²) in [5.74, 6) is -0.655. The van der Waals surface area contributed by atoms with Crippen molar-refractivity contribution in [3.63, 3.8) is 0 Å². The fraction of sp³-hybridized carbons (Fsp3) is 0.467. The van der Waals surface area contributed by atoms with E-state index < -0.39 is 6.10 Å². The number of carbonyl (C=O) groups excluding carboxylic acids is 2. The molecule has 0 unspecified atom stereocenters. The topological polar surface area (TPSA) is 55.4 Å². The third-order valence-corrected chi connectivity index (χ3v) is 2.95. The molecule has 0 saturated carbocycles. The van der Waals surface area contributed by atoms with Crippen LogP contribution in [0.25, 0.3) is 0 Å². The first kappa shape index (κ1) is 15.2. The standard InChI is InChI=1S/C15H21NO3/c1-5-16-15(18)12(4)19-14(17)9-13-7-6-10(2)11(3)8-13/h6-8,12H,5,9H2,1-4H3,(H,16,18)/t12-/m0/s1. The number of hydrogen-bond acceptors (Lipinski definition) is 3. The fourth-order valence-corrected chi connectivity index (χ4v) is 1.69. The van der Waals surface area contributed by atoms with Crippen LogP contribution in [0, 0.1) is 13.8 Å². The van der Waals surface area contributed by atoms with Crippen molar-refractivity contribution in [3.8, 4) is 0 Å². The van der Waals surface area contributed by atoms with Crippen molar-refractivity contribution in [2.75, 3.05) is 6.54 Å². The average Bonchev–Trinajstić information content (AvgIpc) is 2.34. The smallest absolute Gasteiger partial charge is 0.311 e. The van der Waals surface area contributed by atoms with Crippen LogP contribution < -0.4 is 5.32 Å². The maximum absolute atomic E-state index is 11.7. The van der Waals surface area contributed by atoms with Gasteiger partial charge in [-0.15, -0.1) is 0 Å². The molecule has 0 fully saturated rings. The molecule has 1 atom stereocenters. The zero-order valence-corrected chi connectivity index (χ0v) is 11.9. The van der Waals surface area contributed by atoms with Gasteiger partial charge in [-0.2, -0.15) is 0 Å². The predicted molar refractivity (Wildman–Crippen MR) is 73.9 cm³/mol. The number of benzene rings is 1. The Morgan fingerprint density at radius 1 is 1.26 bits per heavy atom. The SMILES string of the molecule is CCNC(=O)[C@H](C)OC(=O)Cc1ccc(C)c(C)c1. The van der Waals surface area contributed by atoms with Crippen LogP contribution in [0.4, 0.5) is 0 Å². The van der Waals surface area contributed by atoms with Crippen LogP contribution in [-0.2, 0) is 20.7 Å². The molecule has 0 aliphatic carbocycles. The molecule has 104 valence electrons. The summed E-state index contributed by atoms with van der Waals surface area (Å²) in [6.07, 6.45) is -0.566. The van der Waals surface area contributed by atoms with Crippen molar-refractivity contribution < 1.29 is 14.3 Å². The quantitative estimate of drug-likeness (QED) is 0.826. The summed E-state index contributed by atoms with van der Waals surface area (Å²) in [7, 11) is 0. The number of carbonyl (C=O) groups is 2. The summed E-state index contributed by atoms with van der Waals surface area (Å²) in [6.45, 7) is 7.94. The number of likely N-dealkylation sites (N-methyl/N-ethyl adjacent to an activating group) is 1. The molecule has 0 aliphatic heterocycles. The molecule has 1 aromatic rings. The molecule has 0 bridgehead atoms. The molecule has 0 spiro atoms. The molecule has 1 aromatic carbocycles. The second-order valence-electron chi connectivity index (χ2n) is 4.62. The van der Waals surface area contributed by atoms with E-state index in [4.69, 9.17) is 4.74 Å². The molecular formula is C15H21NO3. The van der Waals surface area contributed by atoms with Gasteiger partial charge in [0.1, 0.15) is 0 Å². The number of amides is 1. The number of hydrogen-bond donors (Lipinski definition) is 1. The first-order chi connectivity index (χ1) is 8.93. The van der Waals surface area contributed by atoms with E-state index in [0.717, 1.165) is 11.1 Å². The van der Waals surface area contributed by atoms with Crippen molar-refractivity contribution in [2.24, 2.45) is 0 Å². The van der Waals surface area contributed by atoms with Gasteiger partial charge in [0.2, 0.25) is 0 Å². The minimum absolute atomic E-state index is 0.185. The molecule has 4 nitrogen and oxygen atoms in total. The van der Waals surface area contributed by atoms with Gasteiger partial charge in [-0.1, -0.05) is 18.2 Å². The predicted octanol–water partition coefficient (Wildman–Crippen LogP) is 1.91. The molecule has 0 heterocycles. The van der Waals surface area contributed by atoms with E-state index in [1.807, 2.05) is 39.0 Å². The molecule has 0 aromatic heterocycles. The van der Waals surface area contributed by atoms with Crippen molar-refractivity contribution in [1.82, 2.24) is 5.32 Å². The molecule has 1 rings (SSSR count). The van der Waals surface area contributed by atoms with E-state index >= 15 is 0 Å². The summed E-state index contributed by atoms with van der Waals surface area (Å²) in [5.41, 5.74) is 3.23. The van der Waals surface area contributed by atoms with Crippen LogP contribution in [0.3, 0.4) is 0 Å². The van der Waals surface area contributed by atoms with Gasteiger partial charge in [0.15, 0.2) is 6.10 Å². The van der Waals surface area contributed by atoms with Crippen molar-refractivity contribution in [2.45, 2.75) is 40.2 Å². The maximum atomic E-state index is 11.7. The lowest BCUT2D eigenvalue weighted by Gasteiger charge is -2.13. The van der Waals surface area contributed by atoms with E-state index in [0.29, 0.717) is 6.54 Å². The van der Waals surface area contributed by atoms with E-state index in [1.165, 1.54) is 5.56 Å². The monoisotopic (exact) mass is 263 g/mol. The summed E-state index contributed by atoms with van der Waals surface area (Å²) in [5, 5.41) is 2.61. The van der Waals surface area contributed by atoms with Crippen LogP contribution >= 0.6 is 0 Å². The summed E-state index contributed by atoms with van der Waals surface area (Å²) in [6, 6.07) is 5.85. The summed E-state index contributed by atoms with van der Waals surface area (Å²) >= 11 is 0. The first-order valence-electron chi connectivity index (χ1n) is 6.47. The summed E-state index contributed by atoms with van der Waals surface area (Å²) < 4.78 is 5.09. The molecule has 4 heteroatoms. The van der Waals surface area contributed by atoms with Gasteiger partial charge in [-0.05, 0) is 44.4 Å². The third-order valence-electron chi connectivity index (χ3n) is 2.95. The number of rotatable bonds is 5. The Morgan fingerprint density at radius 2 is 1.95 bits per heavy atom. The third kappa shape index (κ3) is 4.73. The number of nitrogens with one attached hydrogen (secondary N) is 1. The van der Waals surface area contributed by atoms with Gasteiger partial charge < -0.3 is 10.1 Å². The Balaban J connectivity index is 2.55. The van der Waals surface area contributed by atoms with Gasteiger partial charge >= 0.3 is 5.97 Å². The molecule has 1 amide bonds. The van der Waals surface area contributed by atoms with Gasteiger partial charge in [0.25, 0.3) is 5.91 Å². The van der Waals surface area contributed by atoms with E-state index in [2.05, 4.69) is 5.32 Å². The summed E-state index contributed by atoms with van der Waals surface area (Å²) in [4.78, 5) is 23.2. The molecular weight excluding hydrogens is 242 g/mol. The van der Waals surface area contributed by atoms with E-state index in [9.17, 15) is 9.59 Å². The Kier molecular flexibility index (Phi) is 5.55. The second-order valence-corrected chi connectivity index (χ2v) is 4.62. The lowest BCUT2D eigenvalue weighted by molar-refractivity contribution is -0.154. The minimum Gasteiger partial charge on any atom is -0.452 e. The molecule has 1 N–H and O–H groups in total. The molecule has 19 heavy (non-hydrogen) atoms. The highest BCUT2D eigenvalue weighted by atomic mass is 16.5. The maximum Gasteiger partial charge on any atom is 0.311 e. The van der Waals surface area contributed by atoms with Gasteiger partial charge in [0.05, 0.1) is 6.42 Å². The van der Waals surface area contributed by atoms with Crippen LogP contribution in [0.2, 0.25) is 0 Å². The average molecular weight is 263 g/mol. The van der Waals surface area contributed by atoms with Gasteiger partial charge in [-0.3, -0.25) is 9.59 Å². The van der Waals surface area contributed by atoms with Crippen LogP contribution in [0.1, 0.15) is 30.5 Å². The highest BCUT2D eigenvalue weighted by molar-refractivity contribution is 5.83. The Bertz CT molecular complexity index is 468. The van der Waals surface area contributed by atoms with Crippen LogP contribution in [-0.4, -0.2) is 24.5 Å². The number of ether oxygens (including phenoxy) is 1. The van der Waals surface area contributed by atoms with Crippen molar-refractivity contribution in [3.05, 3.63) is 34.9 Å². The number of aryl methyl sites for hydroxylation is 2. The fourth-order valence-electron chi connectivity index (χ4n) is 1.69. The molecule has 0 saturated heterocycles. The molecule has 0 radical (unpaired) electrons. The normalized spacial score (nSPS) is 11.8. The highest BCUT2D eigenvalue weighted by Crippen LogP contribution is 2.11. The lowest BCUT2D eigenvalue weighted by atomic mass is 10.0. The van der Waals surface area contributed by atoms with Crippen LogP contribution in [0.5, 0.6) is 0 Å². The Hall–Kier alpha value is -1.84. The van der Waals surface area contributed by atoms with Gasteiger partial charge in [-0.25, -0.2) is 0 Å². The largest absolute Gasteiger partial charge is 0.452 e. The minimum atomic E-state index is -0.751.